The van der Waals surface area contributed by atoms with Gasteiger partial charge in [-0.15, -0.1) is 0 Å². The van der Waals surface area contributed by atoms with Crippen molar-refractivity contribution in [1.82, 2.24) is 4.57 Å². The molecule has 158 valence electrons. The van der Waals surface area contributed by atoms with Gasteiger partial charge in [-0.1, -0.05) is 46.1 Å². The van der Waals surface area contributed by atoms with E-state index in [2.05, 4.69) is 4.57 Å². The molecule has 0 radical (unpaired) electrons. The topological polar surface area (TPSA) is 85.3 Å². The number of benzene rings is 1. The number of carbonyl (C=O) groups excluding carboxylic acids is 1. The van der Waals surface area contributed by atoms with Crippen LogP contribution >= 0.6 is 0 Å². The lowest BCUT2D eigenvalue weighted by atomic mass is 9.85. The first-order chi connectivity index (χ1) is 13.6. The third-order valence-corrected chi connectivity index (χ3v) is 6.80. The monoisotopic (exact) mass is 416 g/mol. The number of aromatic nitrogens is 1. The second-order valence-electron chi connectivity index (χ2n) is 9.22. The lowest BCUT2D eigenvalue weighted by molar-refractivity contribution is 0.0999. The maximum absolute atomic E-state index is 12.0. The van der Waals surface area contributed by atoms with Gasteiger partial charge in [0.15, 0.2) is 11.1 Å². The molecule has 1 aliphatic carbocycles. The van der Waals surface area contributed by atoms with E-state index in [0.29, 0.717) is 16.4 Å². The van der Waals surface area contributed by atoms with Gasteiger partial charge in [0, 0.05) is 17.9 Å². The van der Waals surface area contributed by atoms with Crippen LogP contribution in [0.3, 0.4) is 0 Å². The molecule has 1 unspecified atom stereocenters. The molecule has 1 aromatic heterocycles. The lowest BCUT2D eigenvalue weighted by Crippen LogP contribution is -2.18. The molecule has 2 aromatic rings. The number of carbonyl (C=O) groups is 1. The molecule has 1 fully saturated rings. The first kappa shape index (κ1) is 21.8. The number of hydrogen-bond donors (Lipinski definition) is 2. The van der Waals surface area contributed by atoms with Crippen molar-refractivity contribution in [3.05, 3.63) is 41.1 Å². The zero-order chi connectivity index (χ0) is 21.3. The minimum atomic E-state index is -2.05. The van der Waals surface area contributed by atoms with E-state index in [1.165, 1.54) is 32.1 Å². The van der Waals surface area contributed by atoms with Crippen LogP contribution in [0.2, 0.25) is 0 Å². The first-order valence-electron chi connectivity index (χ1n) is 10.3. The highest BCUT2D eigenvalue weighted by molar-refractivity contribution is 7.79. The summed E-state index contributed by atoms with van der Waals surface area (Å²) in [5.41, 5.74) is 9.52. The van der Waals surface area contributed by atoms with Crippen molar-refractivity contribution >= 4 is 17.0 Å². The molecule has 5 nitrogen and oxygen atoms in total. The van der Waals surface area contributed by atoms with Crippen LogP contribution in [0.25, 0.3) is 11.3 Å². The quantitative estimate of drug-likeness (QED) is 0.671. The summed E-state index contributed by atoms with van der Waals surface area (Å²) in [6, 6.07) is 7.46. The van der Waals surface area contributed by atoms with E-state index in [0.717, 1.165) is 29.1 Å². The predicted molar refractivity (Wildman–Crippen MR) is 117 cm³/mol. The Morgan fingerprint density at radius 1 is 1.21 bits per heavy atom. The third kappa shape index (κ3) is 4.64. The van der Waals surface area contributed by atoms with Crippen LogP contribution < -0.4 is 5.73 Å². The summed E-state index contributed by atoms with van der Waals surface area (Å²) in [5, 5.41) is 0. The summed E-state index contributed by atoms with van der Waals surface area (Å²) in [6.45, 7) is 8.91. The van der Waals surface area contributed by atoms with Crippen LogP contribution in [0, 0.1) is 12.8 Å². The fourth-order valence-corrected chi connectivity index (χ4v) is 5.16. The highest BCUT2D eigenvalue weighted by Gasteiger charge is 2.25. The molecule has 29 heavy (non-hydrogen) atoms. The Balaban J connectivity index is 2.13. The Labute approximate surface area is 176 Å². The third-order valence-electron chi connectivity index (χ3n) is 6.07. The summed E-state index contributed by atoms with van der Waals surface area (Å²) in [6.07, 6.45) is 6.23. The molecule has 6 heteroatoms. The van der Waals surface area contributed by atoms with E-state index in [9.17, 15) is 13.6 Å². The van der Waals surface area contributed by atoms with E-state index in [-0.39, 0.29) is 5.41 Å². The van der Waals surface area contributed by atoms with E-state index >= 15 is 0 Å². The molecule has 1 atom stereocenters. The van der Waals surface area contributed by atoms with Crippen molar-refractivity contribution in [2.24, 2.45) is 11.7 Å². The molecule has 0 spiro atoms. The maximum Gasteiger partial charge on any atom is 0.250 e. The van der Waals surface area contributed by atoms with Gasteiger partial charge in [-0.2, -0.15) is 0 Å². The molecule has 1 aliphatic rings. The highest BCUT2D eigenvalue weighted by Crippen LogP contribution is 2.35. The van der Waals surface area contributed by atoms with Gasteiger partial charge in [0.05, 0.1) is 10.5 Å². The second-order valence-corrected chi connectivity index (χ2v) is 10.2. The second kappa shape index (κ2) is 8.44. The number of nitrogens with two attached hydrogens (primary N) is 1. The summed E-state index contributed by atoms with van der Waals surface area (Å²) < 4.78 is 23.8. The fraction of sp³-hybridized carbons (Fsp3) is 0.522. The van der Waals surface area contributed by atoms with Crippen LogP contribution in [0.5, 0.6) is 0 Å². The van der Waals surface area contributed by atoms with Gasteiger partial charge in [-0.05, 0) is 60.4 Å². The van der Waals surface area contributed by atoms with Crippen molar-refractivity contribution in [2.75, 3.05) is 0 Å². The van der Waals surface area contributed by atoms with Crippen molar-refractivity contribution in [3.8, 4) is 11.3 Å². The van der Waals surface area contributed by atoms with Crippen LogP contribution in [-0.2, 0) is 23.0 Å². The molecule has 1 aromatic carbocycles. The summed E-state index contributed by atoms with van der Waals surface area (Å²) in [4.78, 5) is 12.4. The molecular weight excluding hydrogens is 384 g/mol. The molecule has 1 amide bonds. The predicted octanol–water partition coefficient (Wildman–Crippen LogP) is 5.02. The average Bonchev–Trinajstić information content (AvgIpc) is 2.98. The minimum Gasteiger partial charge on any atom is -0.366 e. The lowest BCUT2D eigenvalue weighted by Gasteiger charge is -2.25. The van der Waals surface area contributed by atoms with Gasteiger partial charge in [0.1, 0.15) is 0 Å². The van der Waals surface area contributed by atoms with E-state index in [1.807, 2.05) is 45.9 Å². The van der Waals surface area contributed by atoms with Gasteiger partial charge in [0.25, 0.3) is 5.91 Å². The highest BCUT2D eigenvalue weighted by atomic mass is 32.2. The standard InChI is InChI=1S/C23H32N2O3S/c1-15-18(22(24)26)13-20(25(15)14-16-8-6-5-7-9-16)17-10-11-21(29(27)28)19(12-17)23(2,3)4/h10-13,16H,5-9,14H2,1-4H3,(H2,24,26)(H,27,28). The van der Waals surface area contributed by atoms with Crippen molar-refractivity contribution in [1.29, 1.82) is 0 Å². The molecule has 0 aliphatic heterocycles. The molecule has 0 bridgehead atoms. The van der Waals surface area contributed by atoms with Crippen LogP contribution in [-0.4, -0.2) is 19.2 Å². The summed E-state index contributed by atoms with van der Waals surface area (Å²) >= 11 is -2.05. The number of amides is 1. The van der Waals surface area contributed by atoms with Crippen LogP contribution in [0.15, 0.2) is 29.2 Å². The molecule has 3 rings (SSSR count). The zero-order valence-corrected chi connectivity index (χ0v) is 18.6. The number of rotatable bonds is 5. The fourth-order valence-electron chi connectivity index (χ4n) is 4.42. The normalized spacial score (nSPS) is 16.7. The zero-order valence-electron chi connectivity index (χ0n) is 17.8. The summed E-state index contributed by atoms with van der Waals surface area (Å²) in [7, 11) is 0. The molecule has 0 saturated heterocycles. The van der Waals surface area contributed by atoms with Gasteiger partial charge < -0.3 is 14.9 Å². The minimum absolute atomic E-state index is 0.286. The van der Waals surface area contributed by atoms with Crippen molar-refractivity contribution < 1.29 is 13.6 Å². The SMILES string of the molecule is Cc1c(C(N)=O)cc(-c2ccc(S(=O)O)c(C(C)(C)C)c2)n1CC1CCCCC1. The number of hydrogen-bond acceptors (Lipinski definition) is 2. The smallest absolute Gasteiger partial charge is 0.250 e. The average molecular weight is 417 g/mol. The largest absolute Gasteiger partial charge is 0.366 e. The first-order valence-corrected chi connectivity index (χ1v) is 11.5. The Kier molecular flexibility index (Phi) is 6.34. The molecule has 3 N–H and O–H groups in total. The van der Waals surface area contributed by atoms with Crippen molar-refractivity contribution in [3.63, 3.8) is 0 Å². The Hall–Kier alpha value is -1.92. The van der Waals surface area contributed by atoms with E-state index in [4.69, 9.17) is 5.73 Å². The maximum atomic E-state index is 12.0. The Morgan fingerprint density at radius 3 is 2.41 bits per heavy atom. The Morgan fingerprint density at radius 2 is 1.86 bits per heavy atom. The van der Waals surface area contributed by atoms with Crippen molar-refractivity contribution in [2.45, 2.75) is 76.7 Å². The molecule has 1 saturated carbocycles. The van der Waals surface area contributed by atoms with Gasteiger partial charge in [-0.3, -0.25) is 4.79 Å². The molecular formula is C23H32N2O3S. The molecule has 1 heterocycles. The van der Waals surface area contributed by atoms with E-state index in [1.54, 1.807) is 6.07 Å². The van der Waals surface area contributed by atoms with Gasteiger partial charge in [-0.25, -0.2) is 4.21 Å². The van der Waals surface area contributed by atoms with E-state index < -0.39 is 17.0 Å². The number of nitrogens with zero attached hydrogens (tertiary/aromatic N) is 1. The van der Waals surface area contributed by atoms with Crippen LogP contribution in [0.1, 0.15) is 74.5 Å². The van der Waals surface area contributed by atoms with Gasteiger partial charge in [0.2, 0.25) is 0 Å². The summed E-state index contributed by atoms with van der Waals surface area (Å²) in [5.74, 6) is 0.177. The van der Waals surface area contributed by atoms with Crippen LogP contribution in [0.4, 0.5) is 0 Å². The number of primary amides is 1. The Bertz CT molecular complexity index is 934. The van der Waals surface area contributed by atoms with Gasteiger partial charge >= 0.3 is 0 Å².